The Balaban J connectivity index is 1.37. The first-order valence-electron chi connectivity index (χ1n) is 6.70. The molecule has 0 aromatic carbocycles. The highest BCUT2D eigenvalue weighted by atomic mass is 16.3. The Labute approximate surface area is 95.8 Å². The summed E-state index contributed by atoms with van der Waals surface area (Å²) in [7, 11) is 0. The molecule has 1 saturated heterocycles. The van der Waals surface area contributed by atoms with Crippen molar-refractivity contribution in [2.45, 2.75) is 37.7 Å². The van der Waals surface area contributed by atoms with Crippen molar-refractivity contribution in [1.29, 1.82) is 0 Å². The van der Waals surface area contributed by atoms with E-state index in [4.69, 9.17) is 0 Å². The summed E-state index contributed by atoms with van der Waals surface area (Å²) in [5, 5.41) is 10.2. The van der Waals surface area contributed by atoms with Crippen molar-refractivity contribution in [2.75, 3.05) is 13.1 Å². The topological polar surface area (TPSA) is 40.5 Å². The zero-order valence-corrected chi connectivity index (χ0v) is 9.56. The van der Waals surface area contributed by atoms with Gasteiger partial charge in [-0.05, 0) is 43.4 Å². The highest BCUT2D eigenvalue weighted by Crippen LogP contribution is 2.59. The van der Waals surface area contributed by atoms with Gasteiger partial charge in [-0.2, -0.15) is 0 Å². The van der Waals surface area contributed by atoms with Gasteiger partial charge in [0.05, 0.1) is 13.1 Å². The molecule has 4 aliphatic rings. The van der Waals surface area contributed by atoms with Gasteiger partial charge in [0.2, 0.25) is 5.91 Å². The van der Waals surface area contributed by atoms with Crippen LogP contribution >= 0.6 is 0 Å². The van der Waals surface area contributed by atoms with E-state index >= 15 is 0 Å². The van der Waals surface area contributed by atoms with Crippen LogP contribution < -0.4 is 0 Å². The van der Waals surface area contributed by atoms with E-state index in [1.54, 1.807) is 0 Å². The van der Waals surface area contributed by atoms with Crippen LogP contribution in [0.5, 0.6) is 0 Å². The summed E-state index contributed by atoms with van der Waals surface area (Å²) < 4.78 is 0. The van der Waals surface area contributed by atoms with E-state index < -0.39 is 5.60 Å². The highest BCUT2D eigenvalue weighted by molar-refractivity contribution is 5.83. The lowest BCUT2D eigenvalue weighted by molar-refractivity contribution is -0.161. The molecule has 0 radical (unpaired) electrons. The maximum atomic E-state index is 12.1. The number of amides is 1. The van der Waals surface area contributed by atoms with Crippen molar-refractivity contribution in [2.24, 2.45) is 23.7 Å². The summed E-state index contributed by atoms with van der Waals surface area (Å²) in [5.41, 5.74) is -0.500. The SMILES string of the molecule is O=C(C1C2CCCC21)N1CC(O)(C2CC2)C1. The molecule has 1 aliphatic heterocycles. The van der Waals surface area contributed by atoms with Crippen LogP contribution in [0, 0.1) is 23.7 Å². The summed E-state index contributed by atoms with van der Waals surface area (Å²) in [4.78, 5) is 14.1. The van der Waals surface area contributed by atoms with Gasteiger partial charge < -0.3 is 10.0 Å². The summed E-state index contributed by atoms with van der Waals surface area (Å²) in [5.74, 6) is 2.61. The number of carbonyl (C=O) groups excluding carboxylic acids is 1. The number of hydrogen-bond donors (Lipinski definition) is 1. The van der Waals surface area contributed by atoms with Gasteiger partial charge in [0.15, 0.2) is 0 Å². The molecular weight excluding hydrogens is 202 g/mol. The van der Waals surface area contributed by atoms with Crippen molar-refractivity contribution in [3.05, 3.63) is 0 Å². The van der Waals surface area contributed by atoms with E-state index in [1.165, 1.54) is 19.3 Å². The van der Waals surface area contributed by atoms with Crippen LogP contribution in [-0.4, -0.2) is 34.6 Å². The van der Waals surface area contributed by atoms with Gasteiger partial charge >= 0.3 is 0 Å². The second-order valence-electron chi connectivity index (χ2n) is 6.36. The molecule has 3 nitrogen and oxygen atoms in total. The third-order valence-corrected chi connectivity index (χ3v) is 5.27. The first-order chi connectivity index (χ1) is 7.69. The van der Waals surface area contributed by atoms with Gasteiger partial charge in [-0.25, -0.2) is 0 Å². The predicted molar refractivity (Wildman–Crippen MR) is 58.6 cm³/mol. The monoisotopic (exact) mass is 221 g/mol. The van der Waals surface area contributed by atoms with Crippen LogP contribution in [0.2, 0.25) is 0 Å². The number of hydrogen-bond acceptors (Lipinski definition) is 2. The number of fused-ring (bicyclic) bond motifs is 1. The molecule has 1 N–H and O–H groups in total. The highest BCUT2D eigenvalue weighted by Gasteiger charge is 2.61. The molecule has 0 aromatic rings. The third-order valence-electron chi connectivity index (χ3n) is 5.27. The number of carbonyl (C=O) groups is 1. The van der Waals surface area contributed by atoms with Crippen molar-refractivity contribution in [3.63, 3.8) is 0 Å². The standard InChI is InChI=1S/C13H19NO2/c15-12(11-9-2-1-3-10(9)11)14-6-13(16,7-14)8-4-5-8/h8-11,16H,1-7H2. The molecule has 0 bridgehead atoms. The molecule has 1 amide bonds. The fourth-order valence-corrected chi connectivity index (χ4v) is 4.05. The molecule has 4 rings (SSSR count). The Hall–Kier alpha value is -0.570. The molecule has 0 aromatic heterocycles. The van der Waals surface area contributed by atoms with Crippen molar-refractivity contribution < 1.29 is 9.90 Å². The van der Waals surface area contributed by atoms with Crippen LogP contribution in [0.25, 0.3) is 0 Å². The summed E-state index contributed by atoms with van der Waals surface area (Å²) in [6, 6.07) is 0. The van der Waals surface area contributed by atoms with Crippen molar-refractivity contribution in [3.8, 4) is 0 Å². The number of aliphatic hydroxyl groups is 1. The van der Waals surface area contributed by atoms with E-state index in [0.29, 0.717) is 42.7 Å². The van der Waals surface area contributed by atoms with Gasteiger partial charge in [-0.15, -0.1) is 0 Å². The second kappa shape index (κ2) is 2.81. The van der Waals surface area contributed by atoms with Crippen LogP contribution in [0.3, 0.4) is 0 Å². The Kier molecular flexibility index (Phi) is 1.66. The Morgan fingerprint density at radius 3 is 2.31 bits per heavy atom. The largest absolute Gasteiger partial charge is 0.386 e. The fraction of sp³-hybridized carbons (Fsp3) is 0.923. The van der Waals surface area contributed by atoms with E-state index in [2.05, 4.69) is 0 Å². The van der Waals surface area contributed by atoms with Gasteiger partial charge in [-0.1, -0.05) is 6.42 Å². The lowest BCUT2D eigenvalue weighted by Crippen LogP contribution is -2.65. The third kappa shape index (κ3) is 1.15. The minimum absolute atomic E-state index is 0.345. The first kappa shape index (κ1) is 9.46. The minimum Gasteiger partial charge on any atom is -0.386 e. The molecule has 2 atom stereocenters. The van der Waals surface area contributed by atoms with Gasteiger partial charge in [0.25, 0.3) is 0 Å². The van der Waals surface area contributed by atoms with Crippen LogP contribution in [0.4, 0.5) is 0 Å². The molecule has 3 aliphatic carbocycles. The number of likely N-dealkylation sites (tertiary alicyclic amines) is 1. The predicted octanol–water partition coefficient (Wildman–Crippen LogP) is 1.02. The Bertz CT molecular complexity index is 334. The van der Waals surface area contributed by atoms with Crippen LogP contribution in [-0.2, 0) is 4.79 Å². The van der Waals surface area contributed by atoms with E-state index in [0.717, 1.165) is 12.8 Å². The van der Waals surface area contributed by atoms with Gasteiger partial charge in [-0.3, -0.25) is 4.79 Å². The smallest absolute Gasteiger partial charge is 0.226 e. The molecule has 1 heterocycles. The lowest BCUT2D eigenvalue weighted by atomic mass is 9.88. The van der Waals surface area contributed by atoms with E-state index in [-0.39, 0.29) is 0 Å². The number of nitrogens with zero attached hydrogens (tertiary/aromatic N) is 1. The molecule has 0 spiro atoms. The lowest BCUT2D eigenvalue weighted by Gasteiger charge is -2.47. The molecule has 3 saturated carbocycles. The van der Waals surface area contributed by atoms with Crippen molar-refractivity contribution in [1.82, 2.24) is 4.90 Å². The Morgan fingerprint density at radius 2 is 1.75 bits per heavy atom. The maximum Gasteiger partial charge on any atom is 0.226 e. The Morgan fingerprint density at radius 1 is 1.12 bits per heavy atom. The van der Waals surface area contributed by atoms with Crippen molar-refractivity contribution >= 4 is 5.91 Å². The molecule has 4 fully saturated rings. The van der Waals surface area contributed by atoms with Crippen LogP contribution in [0.15, 0.2) is 0 Å². The molecule has 2 unspecified atom stereocenters. The normalized spacial score (nSPS) is 43.8. The average Bonchev–Trinajstić information content (AvgIpc) is 3.13. The minimum atomic E-state index is -0.500. The van der Waals surface area contributed by atoms with E-state index in [1.807, 2.05) is 4.90 Å². The average molecular weight is 221 g/mol. The molecule has 16 heavy (non-hydrogen) atoms. The zero-order valence-electron chi connectivity index (χ0n) is 9.56. The fourth-order valence-electron chi connectivity index (χ4n) is 4.05. The quantitative estimate of drug-likeness (QED) is 0.756. The van der Waals surface area contributed by atoms with Crippen LogP contribution in [0.1, 0.15) is 32.1 Å². The van der Waals surface area contributed by atoms with Gasteiger partial charge in [0.1, 0.15) is 5.60 Å². The molecular formula is C13H19NO2. The van der Waals surface area contributed by atoms with E-state index in [9.17, 15) is 9.90 Å². The van der Waals surface area contributed by atoms with Gasteiger partial charge in [0, 0.05) is 5.92 Å². The summed E-state index contributed by atoms with van der Waals surface area (Å²) >= 11 is 0. The number of β-amino-alcohol motifs (C(OH)–C–C–N with tert-alkyl or cyclic N) is 1. The molecule has 3 heteroatoms. The maximum absolute atomic E-state index is 12.1. The zero-order chi connectivity index (χ0) is 10.9. The first-order valence-corrected chi connectivity index (χ1v) is 6.70. The molecule has 88 valence electrons. The second-order valence-corrected chi connectivity index (χ2v) is 6.36. The summed E-state index contributed by atoms with van der Waals surface area (Å²) in [6.07, 6.45) is 6.18. The number of rotatable bonds is 2. The summed E-state index contributed by atoms with van der Waals surface area (Å²) in [6.45, 7) is 1.23.